The smallest absolute Gasteiger partial charge is 0.269 e. The molecule has 7 heteroatoms. The summed E-state index contributed by atoms with van der Waals surface area (Å²) in [5.74, 6) is -1.17. The fourth-order valence-corrected chi connectivity index (χ4v) is 2.19. The highest BCUT2D eigenvalue weighted by Gasteiger charge is 2.09. The molecule has 0 saturated carbocycles. The molecular formula is C18H18ClN3O3. The van der Waals surface area contributed by atoms with Gasteiger partial charge in [-0.3, -0.25) is 25.2 Å². The Morgan fingerprint density at radius 1 is 0.840 bits per heavy atom. The van der Waals surface area contributed by atoms with E-state index >= 15 is 0 Å². The van der Waals surface area contributed by atoms with Crippen molar-refractivity contribution in [2.24, 2.45) is 0 Å². The Bertz CT molecular complexity index is 750. The van der Waals surface area contributed by atoms with Crippen LogP contribution in [0.15, 0.2) is 54.6 Å². The zero-order valence-electron chi connectivity index (χ0n) is 13.4. The zero-order valence-corrected chi connectivity index (χ0v) is 14.2. The first-order chi connectivity index (χ1) is 12.0. The summed E-state index contributed by atoms with van der Waals surface area (Å²) in [6, 6.07) is 15.8. The minimum Gasteiger partial charge on any atom is -0.352 e. The molecule has 0 spiro atoms. The van der Waals surface area contributed by atoms with E-state index in [0.717, 1.165) is 5.56 Å². The van der Waals surface area contributed by atoms with Crippen molar-refractivity contribution in [2.75, 3.05) is 0 Å². The summed E-state index contributed by atoms with van der Waals surface area (Å²) in [6.07, 6.45) is 0.00213. The van der Waals surface area contributed by atoms with Crippen molar-refractivity contribution in [2.45, 2.75) is 19.4 Å². The highest BCUT2D eigenvalue weighted by atomic mass is 35.5. The van der Waals surface area contributed by atoms with E-state index in [-0.39, 0.29) is 18.7 Å². The number of hydrogen-bond acceptors (Lipinski definition) is 3. The van der Waals surface area contributed by atoms with Crippen LogP contribution in [0, 0.1) is 0 Å². The molecule has 25 heavy (non-hydrogen) atoms. The SMILES string of the molecule is O=C(CCC(=O)NNC(=O)c1cccc(Cl)c1)NCc1ccccc1. The summed E-state index contributed by atoms with van der Waals surface area (Å²) >= 11 is 5.80. The van der Waals surface area contributed by atoms with Crippen molar-refractivity contribution in [3.05, 3.63) is 70.7 Å². The number of carbonyl (C=O) groups is 3. The Morgan fingerprint density at radius 2 is 1.56 bits per heavy atom. The van der Waals surface area contributed by atoms with E-state index in [1.54, 1.807) is 18.2 Å². The molecule has 6 nitrogen and oxygen atoms in total. The molecule has 0 heterocycles. The average molecular weight is 360 g/mol. The molecule has 0 bridgehead atoms. The molecule has 2 aromatic carbocycles. The van der Waals surface area contributed by atoms with Crippen LogP contribution in [-0.4, -0.2) is 17.7 Å². The van der Waals surface area contributed by atoms with Gasteiger partial charge in [-0.25, -0.2) is 0 Å². The topological polar surface area (TPSA) is 87.3 Å². The number of halogens is 1. The van der Waals surface area contributed by atoms with Gasteiger partial charge in [0.15, 0.2) is 0 Å². The number of hydrogen-bond donors (Lipinski definition) is 3. The Kier molecular flexibility index (Phi) is 6.98. The molecule has 0 aromatic heterocycles. The van der Waals surface area contributed by atoms with Crippen LogP contribution in [0.2, 0.25) is 5.02 Å². The monoisotopic (exact) mass is 359 g/mol. The molecule has 130 valence electrons. The van der Waals surface area contributed by atoms with Crippen LogP contribution >= 0.6 is 11.6 Å². The lowest BCUT2D eigenvalue weighted by atomic mass is 10.2. The largest absolute Gasteiger partial charge is 0.352 e. The summed E-state index contributed by atoms with van der Waals surface area (Å²) in [6.45, 7) is 0.410. The molecule has 0 aliphatic rings. The van der Waals surface area contributed by atoms with Crippen molar-refractivity contribution >= 4 is 29.3 Å². The fraction of sp³-hybridized carbons (Fsp3) is 0.167. The summed E-state index contributed by atoms with van der Waals surface area (Å²) in [7, 11) is 0. The normalized spacial score (nSPS) is 9.96. The zero-order chi connectivity index (χ0) is 18.1. The van der Waals surface area contributed by atoms with Gasteiger partial charge in [-0.2, -0.15) is 0 Å². The number of nitrogens with one attached hydrogen (secondary N) is 3. The van der Waals surface area contributed by atoms with E-state index in [0.29, 0.717) is 17.1 Å². The van der Waals surface area contributed by atoms with Crippen LogP contribution in [0.25, 0.3) is 0 Å². The van der Waals surface area contributed by atoms with Crippen LogP contribution in [0.3, 0.4) is 0 Å². The lowest BCUT2D eigenvalue weighted by molar-refractivity contribution is -0.126. The van der Waals surface area contributed by atoms with Gasteiger partial charge >= 0.3 is 0 Å². The number of hydrazine groups is 1. The van der Waals surface area contributed by atoms with E-state index in [1.165, 1.54) is 6.07 Å². The maximum absolute atomic E-state index is 11.8. The van der Waals surface area contributed by atoms with Crippen LogP contribution in [0.4, 0.5) is 0 Å². The van der Waals surface area contributed by atoms with Crippen LogP contribution < -0.4 is 16.2 Å². The van der Waals surface area contributed by atoms with Gasteiger partial charge in [0.2, 0.25) is 11.8 Å². The Hall–Kier alpha value is -2.86. The molecule has 0 fully saturated rings. The third-order valence-electron chi connectivity index (χ3n) is 3.31. The fourth-order valence-electron chi connectivity index (χ4n) is 2.00. The highest BCUT2D eigenvalue weighted by Crippen LogP contribution is 2.10. The second-order valence-corrected chi connectivity index (χ2v) is 5.71. The minimum absolute atomic E-state index is 0.0313. The first-order valence-corrected chi connectivity index (χ1v) is 8.08. The second-order valence-electron chi connectivity index (χ2n) is 5.27. The van der Waals surface area contributed by atoms with Crippen LogP contribution in [-0.2, 0) is 16.1 Å². The molecule has 3 N–H and O–H groups in total. The van der Waals surface area contributed by atoms with E-state index in [1.807, 2.05) is 30.3 Å². The molecule has 0 aliphatic heterocycles. The highest BCUT2D eigenvalue weighted by molar-refractivity contribution is 6.30. The number of amides is 3. The third-order valence-corrected chi connectivity index (χ3v) is 3.55. The van der Waals surface area contributed by atoms with Crippen LogP contribution in [0.1, 0.15) is 28.8 Å². The first kappa shape index (κ1) is 18.5. The summed E-state index contributed by atoms with van der Waals surface area (Å²) < 4.78 is 0. The van der Waals surface area contributed by atoms with Crippen molar-refractivity contribution < 1.29 is 14.4 Å². The molecule has 3 amide bonds. The Labute approximate surface area is 150 Å². The van der Waals surface area contributed by atoms with Crippen molar-refractivity contribution in [1.82, 2.24) is 16.2 Å². The van der Waals surface area contributed by atoms with Gasteiger partial charge in [-0.05, 0) is 23.8 Å². The number of carbonyl (C=O) groups excluding carboxylic acids is 3. The molecule has 0 radical (unpaired) electrons. The van der Waals surface area contributed by atoms with Crippen LogP contribution in [0.5, 0.6) is 0 Å². The molecule has 0 saturated heterocycles. The number of rotatable bonds is 6. The van der Waals surface area contributed by atoms with E-state index in [2.05, 4.69) is 16.2 Å². The molecule has 2 rings (SSSR count). The van der Waals surface area contributed by atoms with Gasteiger partial charge in [0.1, 0.15) is 0 Å². The molecule has 2 aromatic rings. The van der Waals surface area contributed by atoms with E-state index in [9.17, 15) is 14.4 Å². The van der Waals surface area contributed by atoms with Gasteiger partial charge in [-0.1, -0.05) is 48.0 Å². The Balaban J connectivity index is 1.66. The van der Waals surface area contributed by atoms with Crippen molar-refractivity contribution in [1.29, 1.82) is 0 Å². The maximum atomic E-state index is 11.8. The van der Waals surface area contributed by atoms with Gasteiger partial charge in [-0.15, -0.1) is 0 Å². The summed E-state index contributed by atoms with van der Waals surface area (Å²) in [4.78, 5) is 35.3. The molecule has 0 aliphatic carbocycles. The van der Waals surface area contributed by atoms with Crippen molar-refractivity contribution in [3.63, 3.8) is 0 Å². The third kappa shape index (κ3) is 6.64. The van der Waals surface area contributed by atoms with Crippen molar-refractivity contribution in [3.8, 4) is 0 Å². The predicted octanol–water partition coefficient (Wildman–Crippen LogP) is 2.20. The first-order valence-electron chi connectivity index (χ1n) is 7.70. The summed E-state index contributed by atoms with van der Waals surface area (Å²) in [5, 5.41) is 3.16. The quantitative estimate of drug-likeness (QED) is 0.691. The molecular weight excluding hydrogens is 342 g/mol. The van der Waals surface area contributed by atoms with Gasteiger partial charge < -0.3 is 5.32 Å². The number of benzene rings is 2. The standard InChI is InChI=1S/C18H18ClN3O3/c19-15-8-4-7-14(11-15)18(25)22-21-17(24)10-9-16(23)20-12-13-5-2-1-3-6-13/h1-8,11H,9-10,12H2,(H,20,23)(H,21,24)(H,22,25). The van der Waals surface area contributed by atoms with Gasteiger partial charge in [0.05, 0.1) is 0 Å². The second kappa shape index (κ2) is 9.44. The lowest BCUT2D eigenvalue weighted by Crippen LogP contribution is -2.42. The van der Waals surface area contributed by atoms with E-state index < -0.39 is 11.8 Å². The summed E-state index contributed by atoms with van der Waals surface area (Å²) in [5.41, 5.74) is 5.85. The van der Waals surface area contributed by atoms with E-state index in [4.69, 9.17) is 11.6 Å². The minimum atomic E-state index is -0.482. The maximum Gasteiger partial charge on any atom is 0.269 e. The lowest BCUT2D eigenvalue weighted by Gasteiger charge is -2.08. The van der Waals surface area contributed by atoms with Gasteiger partial charge in [0.25, 0.3) is 5.91 Å². The predicted molar refractivity (Wildman–Crippen MR) is 94.6 cm³/mol. The molecule has 0 unspecified atom stereocenters. The van der Waals surface area contributed by atoms with Gasteiger partial charge in [0, 0.05) is 30.0 Å². The Morgan fingerprint density at radius 3 is 2.28 bits per heavy atom. The average Bonchev–Trinajstić information content (AvgIpc) is 2.63. The molecule has 0 atom stereocenters.